The standard InChI is InChI=1S/C11H16N4O2S/c1-9-3-5-10(6-4-9)18(16,17)14-11-12-7-15(2)8-13-11/h3-6H,7-8H2,1-2H3,(H2,12,13,14)/p+1. The van der Waals surface area contributed by atoms with Crippen molar-refractivity contribution in [3.05, 3.63) is 29.8 Å². The first-order valence-electron chi connectivity index (χ1n) is 5.66. The molecule has 0 spiro atoms. The molecular weight excluding hydrogens is 252 g/mol. The van der Waals surface area contributed by atoms with E-state index in [2.05, 4.69) is 15.0 Å². The lowest BCUT2D eigenvalue weighted by Crippen LogP contribution is -3.11. The van der Waals surface area contributed by atoms with Crippen LogP contribution in [0.3, 0.4) is 0 Å². The molecule has 3 N–H and O–H groups in total. The molecule has 0 bridgehead atoms. The van der Waals surface area contributed by atoms with E-state index in [0.29, 0.717) is 19.3 Å². The fourth-order valence-corrected chi connectivity index (χ4v) is 2.54. The highest BCUT2D eigenvalue weighted by molar-refractivity contribution is 7.90. The van der Waals surface area contributed by atoms with E-state index >= 15 is 0 Å². The van der Waals surface area contributed by atoms with Crippen molar-refractivity contribution in [2.24, 2.45) is 4.99 Å². The molecule has 0 amide bonds. The average Bonchev–Trinajstić information content (AvgIpc) is 2.32. The second-order valence-electron chi connectivity index (χ2n) is 4.39. The maximum Gasteiger partial charge on any atom is 0.264 e. The summed E-state index contributed by atoms with van der Waals surface area (Å²) in [5.74, 6) is 0.307. The van der Waals surface area contributed by atoms with Gasteiger partial charge in [0.2, 0.25) is 5.96 Å². The van der Waals surface area contributed by atoms with Crippen LogP contribution in [0.5, 0.6) is 0 Å². The van der Waals surface area contributed by atoms with E-state index in [1.165, 1.54) is 4.90 Å². The van der Waals surface area contributed by atoms with E-state index in [1.54, 1.807) is 24.3 Å². The number of quaternary nitrogens is 1. The molecule has 1 aliphatic rings. The van der Waals surface area contributed by atoms with Crippen LogP contribution in [0.1, 0.15) is 5.56 Å². The van der Waals surface area contributed by atoms with Crippen LogP contribution in [-0.2, 0) is 10.0 Å². The first-order valence-corrected chi connectivity index (χ1v) is 7.15. The first kappa shape index (κ1) is 12.8. The molecular formula is C11H17N4O2S+. The van der Waals surface area contributed by atoms with Crippen LogP contribution >= 0.6 is 0 Å². The van der Waals surface area contributed by atoms with Crippen molar-refractivity contribution < 1.29 is 13.3 Å². The molecule has 98 valence electrons. The molecule has 0 aromatic heterocycles. The number of aliphatic imine (C=N–C) groups is 1. The van der Waals surface area contributed by atoms with Crippen molar-refractivity contribution in [2.75, 3.05) is 20.4 Å². The SMILES string of the molecule is Cc1ccc(S(=O)(=O)NC2=NC[NH+](C)CN2)cc1. The molecule has 1 atom stereocenters. The zero-order valence-electron chi connectivity index (χ0n) is 10.4. The fourth-order valence-electron chi connectivity index (χ4n) is 1.53. The van der Waals surface area contributed by atoms with E-state index < -0.39 is 10.0 Å². The molecule has 1 aliphatic heterocycles. The summed E-state index contributed by atoms with van der Waals surface area (Å²) < 4.78 is 26.6. The zero-order valence-corrected chi connectivity index (χ0v) is 11.2. The summed E-state index contributed by atoms with van der Waals surface area (Å²) in [6, 6.07) is 6.70. The molecule has 18 heavy (non-hydrogen) atoms. The third-order valence-electron chi connectivity index (χ3n) is 2.63. The lowest BCUT2D eigenvalue weighted by molar-refractivity contribution is -0.882. The molecule has 7 heteroatoms. The van der Waals surface area contributed by atoms with Crippen molar-refractivity contribution in [3.63, 3.8) is 0 Å². The maximum absolute atomic E-state index is 12.1. The van der Waals surface area contributed by atoms with Crippen LogP contribution in [0.15, 0.2) is 34.2 Å². The summed E-state index contributed by atoms with van der Waals surface area (Å²) in [6.45, 7) is 3.11. The largest absolute Gasteiger partial charge is 0.309 e. The van der Waals surface area contributed by atoms with Gasteiger partial charge >= 0.3 is 0 Å². The van der Waals surface area contributed by atoms with Gasteiger partial charge in [-0.1, -0.05) is 17.7 Å². The molecule has 0 radical (unpaired) electrons. The Morgan fingerprint density at radius 2 is 2.00 bits per heavy atom. The lowest BCUT2D eigenvalue weighted by Gasteiger charge is -2.20. The Morgan fingerprint density at radius 1 is 1.33 bits per heavy atom. The summed E-state index contributed by atoms with van der Waals surface area (Å²) in [5.41, 5.74) is 1.02. The summed E-state index contributed by atoms with van der Waals surface area (Å²) in [7, 11) is -1.57. The average molecular weight is 269 g/mol. The Labute approximate surface area is 107 Å². The number of aryl methyl sites for hydroxylation is 1. The number of hydrogen-bond donors (Lipinski definition) is 3. The Kier molecular flexibility index (Phi) is 3.53. The maximum atomic E-state index is 12.1. The number of guanidine groups is 1. The number of rotatable bonds is 2. The van der Waals surface area contributed by atoms with Crippen LogP contribution in [0.2, 0.25) is 0 Å². The molecule has 1 aromatic carbocycles. The van der Waals surface area contributed by atoms with E-state index in [4.69, 9.17) is 0 Å². The van der Waals surface area contributed by atoms with Gasteiger partial charge in [0.15, 0.2) is 13.3 Å². The second-order valence-corrected chi connectivity index (χ2v) is 6.08. The third kappa shape index (κ3) is 2.99. The highest BCUT2D eigenvalue weighted by atomic mass is 32.2. The quantitative estimate of drug-likeness (QED) is 0.622. The predicted octanol–water partition coefficient (Wildman–Crippen LogP) is -1.34. The minimum atomic E-state index is -3.55. The second kappa shape index (κ2) is 4.95. The number of sulfonamides is 1. The molecule has 1 unspecified atom stereocenters. The minimum Gasteiger partial charge on any atom is -0.309 e. The molecule has 1 aromatic rings. The van der Waals surface area contributed by atoms with Gasteiger partial charge in [-0.3, -0.25) is 0 Å². The Morgan fingerprint density at radius 3 is 2.56 bits per heavy atom. The Bertz CT molecular complexity index is 551. The van der Waals surface area contributed by atoms with Gasteiger partial charge in [0.25, 0.3) is 10.0 Å². The van der Waals surface area contributed by atoms with Crippen molar-refractivity contribution in [1.82, 2.24) is 10.0 Å². The Balaban J connectivity index is 2.15. The summed E-state index contributed by atoms with van der Waals surface area (Å²) in [6.07, 6.45) is 0. The molecule has 0 fully saturated rings. The van der Waals surface area contributed by atoms with Crippen molar-refractivity contribution in [1.29, 1.82) is 0 Å². The summed E-state index contributed by atoms with van der Waals surface area (Å²) >= 11 is 0. The van der Waals surface area contributed by atoms with Crippen LogP contribution in [0.4, 0.5) is 0 Å². The van der Waals surface area contributed by atoms with Crippen LogP contribution in [-0.4, -0.2) is 34.8 Å². The van der Waals surface area contributed by atoms with E-state index in [1.807, 2.05) is 14.0 Å². The summed E-state index contributed by atoms with van der Waals surface area (Å²) in [4.78, 5) is 5.53. The van der Waals surface area contributed by atoms with E-state index in [9.17, 15) is 8.42 Å². The molecule has 6 nitrogen and oxygen atoms in total. The van der Waals surface area contributed by atoms with Crippen molar-refractivity contribution in [2.45, 2.75) is 11.8 Å². The van der Waals surface area contributed by atoms with Gasteiger partial charge in [0.1, 0.15) is 0 Å². The smallest absolute Gasteiger partial charge is 0.264 e. The number of nitrogens with zero attached hydrogens (tertiary/aromatic N) is 1. The van der Waals surface area contributed by atoms with Crippen molar-refractivity contribution >= 4 is 16.0 Å². The topological polar surface area (TPSA) is 75.0 Å². The zero-order chi connectivity index (χ0) is 13.2. The van der Waals surface area contributed by atoms with Gasteiger partial charge in [-0.25, -0.2) is 13.1 Å². The molecule has 0 saturated carbocycles. The van der Waals surface area contributed by atoms with Gasteiger partial charge in [-0.2, -0.15) is 4.99 Å². The van der Waals surface area contributed by atoms with E-state index in [0.717, 1.165) is 5.56 Å². The molecule has 1 heterocycles. The monoisotopic (exact) mass is 269 g/mol. The van der Waals surface area contributed by atoms with Gasteiger partial charge in [-0.15, -0.1) is 0 Å². The van der Waals surface area contributed by atoms with Gasteiger partial charge in [0, 0.05) is 0 Å². The molecule has 2 rings (SSSR count). The van der Waals surface area contributed by atoms with Crippen LogP contribution < -0.4 is 14.9 Å². The van der Waals surface area contributed by atoms with Crippen LogP contribution in [0, 0.1) is 6.92 Å². The van der Waals surface area contributed by atoms with E-state index in [-0.39, 0.29) is 4.90 Å². The minimum absolute atomic E-state index is 0.240. The van der Waals surface area contributed by atoms with Crippen molar-refractivity contribution in [3.8, 4) is 0 Å². The summed E-state index contributed by atoms with van der Waals surface area (Å²) in [5, 5.41) is 2.93. The Hall–Kier alpha value is -1.60. The molecule has 0 aliphatic carbocycles. The van der Waals surface area contributed by atoms with Crippen LogP contribution in [0.25, 0.3) is 0 Å². The lowest BCUT2D eigenvalue weighted by atomic mass is 10.2. The number of nitrogens with one attached hydrogen (secondary N) is 3. The predicted molar refractivity (Wildman–Crippen MR) is 68.7 cm³/mol. The number of benzene rings is 1. The number of hydrogen-bond acceptors (Lipinski definition) is 4. The highest BCUT2D eigenvalue weighted by Gasteiger charge is 2.18. The molecule has 0 saturated heterocycles. The highest BCUT2D eigenvalue weighted by Crippen LogP contribution is 2.09. The van der Waals surface area contributed by atoms with Gasteiger partial charge < -0.3 is 10.2 Å². The fraction of sp³-hybridized carbons (Fsp3) is 0.364. The first-order chi connectivity index (χ1) is 8.47. The normalized spacial score (nSPS) is 19.9. The van der Waals surface area contributed by atoms with Gasteiger partial charge in [-0.05, 0) is 19.1 Å². The third-order valence-corrected chi connectivity index (χ3v) is 3.98. The van der Waals surface area contributed by atoms with Gasteiger partial charge in [0.05, 0.1) is 11.9 Å².